The Hall–Kier alpha value is -2.23. The third kappa shape index (κ3) is 1.54. The van der Waals surface area contributed by atoms with Gasteiger partial charge in [0.05, 0.1) is 6.26 Å². The van der Waals surface area contributed by atoms with Crippen molar-refractivity contribution in [1.82, 2.24) is 5.16 Å². The third-order valence-corrected chi connectivity index (χ3v) is 2.25. The Morgan fingerprint density at radius 1 is 1.19 bits per heavy atom. The van der Waals surface area contributed by atoms with Gasteiger partial charge in [0.25, 0.3) is 5.88 Å². The number of rotatable bonds is 2. The van der Waals surface area contributed by atoms with Crippen LogP contribution in [0.3, 0.4) is 0 Å². The standard InChI is InChI=1S/C12H9NO3/c1-8-6-12(13-16-8)15-10-2-3-11-9(7-10)4-5-14-11/h2-7H,1H3. The maximum Gasteiger partial charge on any atom is 0.259 e. The van der Waals surface area contributed by atoms with Crippen molar-refractivity contribution in [3.05, 3.63) is 42.4 Å². The molecule has 2 aromatic heterocycles. The molecule has 4 heteroatoms. The molecule has 1 aromatic carbocycles. The molecule has 0 bridgehead atoms. The van der Waals surface area contributed by atoms with E-state index in [1.54, 1.807) is 12.3 Å². The molecule has 3 rings (SSSR count). The lowest BCUT2D eigenvalue weighted by molar-refractivity contribution is 0.355. The Labute approximate surface area is 91.4 Å². The van der Waals surface area contributed by atoms with Crippen LogP contribution in [0.25, 0.3) is 11.0 Å². The number of benzene rings is 1. The monoisotopic (exact) mass is 215 g/mol. The molecule has 0 aliphatic carbocycles. The van der Waals surface area contributed by atoms with Gasteiger partial charge in [0.2, 0.25) is 0 Å². The molecular formula is C12H9NO3. The van der Waals surface area contributed by atoms with Gasteiger partial charge < -0.3 is 13.7 Å². The fraction of sp³-hybridized carbons (Fsp3) is 0.0833. The molecule has 2 heterocycles. The highest BCUT2D eigenvalue weighted by molar-refractivity contribution is 5.78. The van der Waals surface area contributed by atoms with Crippen molar-refractivity contribution in [3.8, 4) is 11.6 Å². The van der Waals surface area contributed by atoms with Crippen LogP contribution in [0.1, 0.15) is 5.76 Å². The first-order valence-electron chi connectivity index (χ1n) is 4.90. The Bertz CT molecular complexity index is 624. The minimum atomic E-state index is 0.459. The van der Waals surface area contributed by atoms with Crippen LogP contribution in [0.2, 0.25) is 0 Å². The van der Waals surface area contributed by atoms with Crippen molar-refractivity contribution in [2.45, 2.75) is 6.92 Å². The SMILES string of the molecule is Cc1cc(Oc2ccc3occc3c2)no1. The molecule has 0 aliphatic rings. The van der Waals surface area contributed by atoms with E-state index in [1.807, 2.05) is 31.2 Å². The van der Waals surface area contributed by atoms with E-state index in [1.165, 1.54) is 0 Å². The van der Waals surface area contributed by atoms with Gasteiger partial charge in [-0.25, -0.2) is 0 Å². The maximum absolute atomic E-state index is 5.53. The quantitative estimate of drug-likeness (QED) is 0.656. The summed E-state index contributed by atoms with van der Waals surface area (Å²) in [6.45, 7) is 1.82. The van der Waals surface area contributed by atoms with E-state index < -0.39 is 0 Å². The highest BCUT2D eigenvalue weighted by Crippen LogP contribution is 2.25. The number of hydrogen-bond acceptors (Lipinski definition) is 4. The molecule has 0 amide bonds. The molecule has 80 valence electrons. The normalized spacial score (nSPS) is 10.8. The van der Waals surface area contributed by atoms with Crippen molar-refractivity contribution in [2.75, 3.05) is 0 Å². The second-order valence-electron chi connectivity index (χ2n) is 3.50. The highest BCUT2D eigenvalue weighted by Gasteiger charge is 2.04. The maximum atomic E-state index is 5.53. The zero-order valence-corrected chi connectivity index (χ0v) is 8.64. The van der Waals surface area contributed by atoms with Crippen molar-refractivity contribution >= 4 is 11.0 Å². The van der Waals surface area contributed by atoms with Crippen LogP contribution in [0, 0.1) is 6.92 Å². The minimum Gasteiger partial charge on any atom is -0.464 e. The van der Waals surface area contributed by atoms with E-state index in [-0.39, 0.29) is 0 Å². The lowest BCUT2D eigenvalue weighted by Crippen LogP contribution is -1.82. The van der Waals surface area contributed by atoms with Crippen molar-refractivity contribution in [1.29, 1.82) is 0 Å². The molecule has 0 aliphatic heterocycles. The van der Waals surface area contributed by atoms with Crippen LogP contribution in [0.5, 0.6) is 11.6 Å². The fourth-order valence-corrected chi connectivity index (χ4v) is 1.52. The summed E-state index contributed by atoms with van der Waals surface area (Å²) < 4.78 is 15.7. The zero-order chi connectivity index (χ0) is 11.0. The van der Waals surface area contributed by atoms with E-state index in [0.29, 0.717) is 11.6 Å². The summed E-state index contributed by atoms with van der Waals surface area (Å²) in [7, 11) is 0. The number of aromatic nitrogens is 1. The Morgan fingerprint density at radius 2 is 2.12 bits per heavy atom. The summed E-state index contributed by atoms with van der Waals surface area (Å²) in [6, 6.07) is 9.20. The van der Waals surface area contributed by atoms with Gasteiger partial charge in [-0.2, -0.15) is 0 Å². The molecule has 0 saturated heterocycles. The molecule has 4 nitrogen and oxygen atoms in total. The Morgan fingerprint density at radius 3 is 2.94 bits per heavy atom. The largest absolute Gasteiger partial charge is 0.464 e. The van der Waals surface area contributed by atoms with E-state index in [4.69, 9.17) is 13.7 Å². The first-order chi connectivity index (χ1) is 7.81. The average molecular weight is 215 g/mol. The van der Waals surface area contributed by atoms with Crippen molar-refractivity contribution in [2.24, 2.45) is 0 Å². The number of fused-ring (bicyclic) bond motifs is 1. The highest BCUT2D eigenvalue weighted by atomic mass is 16.5. The lowest BCUT2D eigenvalue weighted by atomic mass is 10.2. The van der Waals surface area contributed by atoms with E-state index in [2.05, 4.69) is 5.16 Å². The van der Waals surface area contributed by atoms with Gasteiger partial charge in [-0.3, -0.25) is 0 Å². The van der Waals surface area contributed by atoms with Gasteiger partial charge in [0, 0.05) is 11.5 Å². The zero-order valence-electron chi connectivity index (χ0n) is 8.64. The second kappa shape index (κ2) is 3.41. The van der Waals surface area contributed by atoms with Crippen LogP contribution in [-0.4, -0.2) is 5.16 Å². The third-order valence-electron chi connectivity index (χ3n) is 2.25. The van der Waals surface area contributed by atoms with Gasteiger partial charge in [-0.05, 0) is 36.3 Å². The number of nitrogens with zero attached hydrogens (tertiary/aromatic N) is 1. The summed E-state index contributed by atoms with van der Waals surface area (Å²) >= 11 is 0. The van der Waals surface area contributed by atoms with E-state index in [9.17, 15) is 0 Å². The number of furan rings is 1. The van der Waals surface area contributed by atoms with Gasteiger partial charge in [-0.1, -0.05) is 0 Å². The topological polar surface area (TPSA) is 48.4 Å². The van der Waals surface area contributed by atoms with Gasteiger partial charge in [0.1, 0.15) is 17.1 Å². The first kappa shape index (κ1) is 9.03. The first-order valence-corrected chi connectivity index (χ1v) is 4.90. The molecular weight excluding hydrogens is 206 g/mol. The van der Waals surface area contributed by atoms with E-state index >= 15 is 0 Å². The molecule has 3 aromatic rings. The molecule has 0 spiro atoms. The number of aryl methyl sites for hydroxylation is 1. The van der Waals surface area contributed by atoms with E-state index in [0.717, 1.165) is 16.7 Å². The molecule has 0 fully saturated rings. The van der Waals surface area contributed by atoms with Gasteiger partial charge in [-0.15, -0.1) is 0 Å². The van der Waals surface area contributed by atoms with Crippen LogP contribution >= 0.6 is 0 Å². The number of hydrogen-bond donors (Lipinski definition) is 0. The van der Waals surface area contributed by atoms with Crippen LogP contribution in [-0.2, 0) is 0 Å². The molecule has 16 heavy (non-hydrogen) atoms. The van der Waals surface area contributed by atoms with Gasteiger partial charge in [0.15, 0.2) is 0 Å². The smallest absolute Gasteiger partial charge is 0.259 e. The summed E-state index contributed by atoms with van der Waals surface area (Å²) in [4.78, 5) is 0. The van der Waals surface area contributed by atoms with Gasteiger partial charge >= 0.3 is 0 Å². The van der Waals surface area contributed by atoms with Crippen LogP contribution < -0.4 is 4.74 Å². The lowest BCUT2D eigenvalue weighted by Gasteiger charge is -2.00. The summed E-state index contributed by atoms with van der Waals surface area (Å²) in [5.41, 5.74) is 0.837. The summed E-state index contributed by atoms with van der Waals surface area (Å²) in [5, 5.41) is 4.76. The predicted molar refractivity (Wildman–Crippen MR) is 57.5 cm³/mol. The Balaban J connectivity index is 1.94. The number of ether oxygens (including phenoxy) is 1. The molecule has 0 radical (unpaired) electrons. The molecule has 0 unspecified atom stereocenters. The fourth-order valence-electron chi connectivity index (χ4n) is 1.52. The summed E-state index contributed by atoms with van der Waals surface area (Å²) in [5.74, 6) is 1.89. The van der Waals surface area contributed by atoms with Crippen molar-refractivity contribution in [3.63, 3.8) is 0 Å². The molecule has 0 atom stereocenters. The van der Waals surface area contributed by atoms with Crippen molar-refractivity contribution < 1.29 is 13.7 Å². The molecule has 0 N–H and O–H groups in total. The average Bonchev–Trinajstić information content (AvgIpc) is 2.87. The summed E-state index contributed by atoms with van der Waals surface area (Å²) in [6.07, 6.45) is 1.65. The molecule has 0 saturated carbocycles. The van der Waals surface area contributed by atoms with Crippen LogP contribution in [0.15, 0.2) is 45.5 Å². The Kier molecular flexibility index (Phi) is 1.93. The van der Waals surface area contributed by atoms with Crippen LogP contribution in [0.4, 0.5) is 0 Å². The minimum absolute atomic E-state index is 0.459. The predicted octanol–water partition coefficient (Wildman–Crippen LogP) is 3.52. The second-order valence-corrected chi connectivity index (χ2v) is 3.50.